The van der Waals surface area contributed by atoms with E-state index < -0.39 is 0 Å². The van der Waals surface area contributed by atoms with Crippen molar-refractivity contribution < 1.29 is 9.53 Å². The molecule has 0 aromatic heterocycles. The molecule has 3 rings (SSSR count). The maximum Gasteiger partial charge on any atom is 0.315 e. The number of anilines is 1. The van der Waals surface area contributed by atoms with E-state index in [9.17, 15) is 4.79 Å². The third-order valence-corrected chi connectivity index (χ3v) is 4.55. The van der Waals surface area contributed by atoms with Gasteiger partial charge in [-0.1, -0.05) is 36.4 Å². The van der Waals surface area contributed by atoms with E-state index in [1.165, 1.54) is 5.69 Å². The summed E-state index contributed by atoms with van der Waals surface area (Å²) in [5.41, 5.74) is 2.28. The Morgan fingerprint density at radius 2 is 2.00 bits per heavy atom. The molecule has 2 amide bonds. The van der Waals surface area contributed by atoms with Crippen LogP contribution in [-0.4, -0.2) is 32.8 Å². The van der Waals surface area contributed by atoms with Crippen molar-refractivity contribution >= 4 is 11.7 Å². The fourth-order valence-corrected chi connectivity index (χ4v) is 3.12. The van der Waals surface area contributed by atoms with Gasteiger partial charge in [-0.05, 0) is 30.0 Å². The number of nitrogens with zero attached hydrogens (tertiary/aromatic N) is 1. The minimum atomic E-state index is -0.108. The number of nitrogens with one attached hydrogen (secondary N) is 2. The van der Waals surface area contributed by atoms with E-state index in [4.69, 9.17) is 4.74 Å². The largest absolute Gasteiger partial charge is 0.497 e. The maximum absolute atomic E-state index is 12.0. The first kappa shape index (κ1) is 17.1. The Bertz CT molecular complexity index is 690. The predicted molar refractivity (Wildman–Crippen MR) is 100.0 cm³/mol. The lowest BCUT2D eigenvalue weighted by Gasteiger charge is -2.19. The molecule has 5 heteroatoms. The average Bonchev–Trinajstić information content (AvgIpc) is 3.15. The molecule has 0 spiro atoms. The molecule has 0 aliphatic carbocycles. The van der Waals surface area contributed by atoms with E-state index >= 15 is 0 Å². The highest BCUT2D eigenvalue weighted by Gasteiger charge is 2.23. The van der Waals surface area contributed by atoms with Crippen molar-refractivity contribution in [3.8, 4) is 5.75 Å². The second-order valence-electron chi connectivity index (χ2n) is 6.35. The Morgan fingerprint density at radius 3 is 2.80 bits per heavy atom. The van der Waals surface area contributed by atoms with Gasteiger partial charge in [-0.25, -0.2) is 4.79 Å². The molecule has 2 aromatic rings. The zero-order chi connectivity index (χ0) is 17.5. The van der Waals surface area contributed by atoms with Crippen LogP contribution in [-0.2, 0) is 6.54 Å². The van der Waals surface area contributed by atoms with E-state index in [-0.39, 0.29) is 6.03 Å². The van der Waals surface area contributed by atoms with Crippen LogP contribution in [0.4, 0.5) is 10.5 Å². The molecule has 25 heavy (non-hydrogen) atoms. The standard InChI is InChI=1S/C20H25N3O2/c1-25-19-9-5-8-18(12-19)23-11-10-17(15-23)14-22-20(24)21-13-16-6-3-2-4-7-16/h2-9,12,17H,10-11,13-15H2,1H3,(H2,21,22,24)/t17-/m1/s1. The molecule has 5 nitrogen and oxygen atoms in total. The quantitative estimate of drug-likeness (QED) is 0.851. The second-order valence-corrected chi connectivity index (χ2v) is 6.35. The molecule has 2 N–H and O–H groups in total. The predicted octanol–water partition coefficient (Wildman–Crippen LogP) is 3.02. The Morgan fingerprint density at radius 1 is 1.16 bits per heavy atom. The summed E-state index contributed by atoms with van der Waals surface area (Å²) < 4.78 is 5.29. The van der Waals surface area contributed by atoms with Crippen molar-refractivity contribution in [2.24, 2.45) is 5.92 Å². The van der Waals surface area contributed by atoms with E-state index in [0.29, 0.717) is 19.0 Å². The number of carbonyl (C=O) groups is 1. The van der Waals surface area contributed by atoms with Crippen LogP contribution >= 0.6 is 0 Å². The fourth-order valence-electron chi connectivity index (χ4n) is 3.12. The van der Waals surface area contributed by atoms with Crippen LogP contribution < -0.4 is 20.3 Å². The SMILES string of the molecule is COc1cccc(N2CC[C@H](CNC(=O)NCc3ccccc3)C2)c1. The summed E-state index contributed by atoms with van der Waals surface area (Å²) in [7, 11) is 1.68. The van der Waals surface area contributed by atoms with Crippen LogP contribution in [0.5, 0.6) is 5.75 Å². The summed E-state index contributed by atoms with van der Waals surface area (Å²) in [5, 5.41) is 5.89. The van der Waals surface area contributed by atoms with Gasteiger partial charge in [-0.2, -0.15) is 0 Å². The lowest BCUT2D eigenvalue weighted by Crippen LogP contribution is -2.38. The van der Waals surface area contributed by atoms with Gasteiger partial charge >= 0.3 is 6.03 Å². The van der Waals surface area contributed by atoms with Gasteiger partial charge < -0.3 is 20.3 Å². The number of rotatable bonds is 6. The third kappa shape index (κ3) is 4.89. The molecule has 1 fully saturated rings. The first-order chi connectivity index (χ1) is 12.2. The zero-order valence-corrected chi connectivity index (χ0v) is 14.6. The molecule has 1 heterocycles. The topological polar surface area (TPSA) is 53.6 Å². The summed E-state index contributed by atoms with van der Waals surface area (Å²) in [6.45, 7) is 3.20. The smallest absolute Gasteiger partial charge is 0.315 e. The summed E-state index contributed by atoms with van der Waals surface area (Å²) in [4.78, 5) is 14.3. The van der Waals surface area contributed by atoms with Crippen LogP contribution in [0.15, 0.2) is 54.6 Å². The van der Waals surface area contributed by atoms with E-state index in [1.54, 1.807) is 7.11 Å². The third-order valence-electron chi connectivity index (χ3n) is 4.55. The molecular formula is C20H25N3O2. The van der Waals surface area contributed by atoms with Gasteiger partial charge in [0.15, 0.2) is 0 Å². The second kappa shape index (κ2) is 8.42. The van der Waals surface area contributed by atoms with Crippen molar-refractivity contribution in [1.29, 1.82) is 0 Å². The monoisotopic (exact) mass is 339 g/mol. The fraction of sp³-hybridized carbons (Fsp3) is 0.350. The summed E-state index contributed by atoms with van der Waals surface area (Å²) in [6, 6.07) is 17.9. The van der Waals surface area contributed by atoms with Crippen LogP contribution in [0, 0.1) is 5.92 Å². The first-order valence-corrected chi connectivity index (χ1v) is 8.69. The van der Waals surface area contributed by atoms with Crippen LogP contribution in [0.1, 0.15) is 12.0 Å². The zero-order valence-electron chi connectivity index (χ0n) is 14.6. The van der Waals surface area contributed by atoms with Crippen LogP contribution in [0.3, 0.4) is 0 Å². The molecule has 132 valence electrons. The molecule has 0 saturated carbocycles. The Balaban J connectivity index is 1.41. The number of carbonyl (C=O) groups excluding carboxylic acids is 1. The Hall–Kier alpha value is -2.69. The van der Waals surface area contributed by atoms with Crippen LogP contribution in [0.2, 0.25) is 0 Å². The molecule has 1 atom stereocenters. The summed E-state index contributed by atoms with van der Waals surface area (Å²) >= 11 is 0. The van der Waals surface area contributed by atoms with Crippen LogP contribution in [0.25, 0.3) is 0 Å². The first-order valence-electron chi connectivity index (χ1n) is 8.69. The number of benzene rings is 2. The lowest BCUT2D eigenvalue weighted by atomic mass is 10.1. The number of hydrogen-bond acceptors (Lipinski definition) is 3. The van der Waals surface area contributed by atoms with Gasteiger partial charge in [0.1, 0.15) is 5.75 Å². The van der Waals surface area contributed by atoms with Gasteiger partial charge in [-0.15, -0.1) is 0 Å². The van der Waals surface area contributed by atoms with Gasteiger partial charge in [-0.3, -0.25) is 0 Å². The van der Waals surface area contributed by atoms with E-state index in [2.05, 4.69) is 27.7 Å². The molecule has 1 aliphatic heterocycles. The minimum absolute atomic E-state index is 0.108. The Kier molecular flexibility index (Phi) is 5.77. The molecular weight excluding hydrogens is 314 g/mol. The van der Waals surface area contributed by atoms with Crippen molar-refractivity contribution in [3.63, 3.8) is 0 Å². The number of ether oxygens (including phenoxy) is 1. The highest BCUT2D eigenvalue weighted by Crippen LogP contribution is 2.26. The highest BCUT2D eigenvalue weighted by atomic mass is 16.5. The number of urea groups is 1. The number of hydrogen-bond donors (Lipinski definition) is 2. The molecule has 0 unspecified atom stereocenters. The van der Waals surface area contributed by atoms with Crippen molar-refractivity contribution in [1.82, 2.24) is 10.6 Å². The number of amides is 2. The van der Waals surface area contributed by atoms with Gasteiger partial charge in [0.2, 0.25) is 0 Å². The lowest BCUT2D eigenvalue weighted by molar-refractivity contribution is 0.239. The molecule has 1 aliphatic rings. The maximum atomic E-state index is 12.0. The minimum Gasteiger partial charge on any atom is -0.497 e. The van der Waals surface area contributed by atoms with Gasteiger partial charge in [0.05, 0.1) is 7.11 Å². The van der Waals surface area contributed by atoms with E-state index in [0.717, 1.165) is 30.8 Å². The van der Waals surface area contributed by atoms with Gasteiger partial charge in [0.25, 0.3) is 0 Å². The summed E-state index contributed by atoms with van der Waals surface area (Å²) in [5.74, 6) is 1.34. The molecule has 0 bridgehead atoms. The summed E-state index contributed by atoms with van der Waals surface area (Å²) in [6.07, 6.45) is 1.08. The van der Waals surface area contributed by atoms with Crippen molar-refractivity contribution in [3.05, 3.63) is 60.2 Å². The average molecular weight is 339 g/mol. The van der Waals surface area contributed by atoms with Crippen molar-refractivity contribution in [2.45, 2.75) is 13.0 Å². The van der Waals surface area contributed by atoms with Crippen molar-refractivity contribution in [2.75, 3.05) is 31.6 Å². The molecule has 0 radical (unpaired) electrons. The van der Waals surface area contributed by atoms with E-state index in [1.807, 2.05) is 42.5 Å². The molecule has 2 aromatic carbocycles. The Labute approximate surface area is 149 Å². The number of methoxy groups -OCH3 is 1. The normalized spacial score (nSPS) is 16.5. The molecule has 1 saturated heterocycles. The highest BCUT2D eigenvalue weighted by molar-refractivity contribution is 5.73. The van der Waals surface area contributed by atoms with Gasteiger partial charge in [0, 0.05) is 37.9 Å².